The minimum absolute atomic E-state index is 0.316. The van der Waals surface area contributed by atoms with Crippen LogP contribution in [0.25, 0.3) is 0 Å². The van der Waals surface area contributed by atoms with E-state index in [0.717, 1.165) is 5.92 Å². The fourth-order valence-corrected chi connectivity index (χ4v) is 5.54. The molecule has 2 fully saturated rings. The Bertz CT molecular complexity index is 423. The molecule has 3 aliphatic carbocycles. The zero-order chi connectivity index (χ0) is 14.4. The molecule has 112 valence electrons. The first-order valence-corrected chi connectivity index (χ1v) is 8.46. The SMILES string of the molecule is C=C[C@@]1(C)CC[C@H]2C(=CC[C@H]3[C@H](CO)CCC[C@]23C)C1. The van der Waals surface area contributed by atoms with Crippen LogP contribution in [0.15, 0.2) is 24.3 Å². The molecule has 0 bridgehead atoms. The van der Waals surface area contributed by atoms with E-state index in [4.69, 9.17) is 0 Å². The van der Waals surface area contributed by atoms with Crippen LogP contribution in [0.3, 0.4) is 0 Å². The van der Waals surface area contributed by atoms with Gasteiger partial charge in [0.15, 0.2) is 0 Å². The van der Waals surface area contributed by atoms with Crippen LogP contribution in [-0.4, -0.2) is 11.7 Å². The number of aliphatic hydroxyl groups is 1. The van der Waals surface area contributed by atoms with Gasteiger partial charge >= 0.3 is 0 Å². The van der Waals surface area contributed by atoms with Gasteiger partial charge in [-0.25, -0.2) is 0 Å². The predicted molar refractivity (Wildman–Crippen MR) is 84.4 cm³/mol. The van der Waals surface area contributed by atoms with Crippen LogP contribution in [-0.2, 0) is 0 Å². The number of fused-ring (bicyclic) bond motifs is 3. The highest BCUT2D eigenvalue weighted by Crippen LogP contribution is 2.60. The summed E-state index contributed by atoms with van der Waals surface area (Å²) in [4.78, 5) is 0. The van der Waals surface area contributed by atoms with Crippen molar-refractivity contribution >= 4 is 0 Å². The van der Waals surface area contributed by atoms with Crippen LogP contribution in [0, 0.1) is 28.6 Å². The molecule has 0 unspecified atom stereocenters. The topological polar surface area (TPSA) is 20.2 Å². The summed E-state index contributed by atoms with van der Waals surface area (Å²) in [6.07, 6.45) is 13.6. The molecule has 0 radical (unpaired) electrons. The first-order chi connectivity index (χ1) is 9.52. The smallest absolute Gasteiger partial charge is 0.0462 e. The van der Waals surface area contributed by atoms with E-state index in [1.807, 2.05) is 0 Å². The van der Waals surface area contributed by atoms with Crippen molar-refractivity contribution in [2.45, 2.75) is 58.8 Å². The summed E-state index contributed by atoms with van der Waals surface area (Å²) in [5.41, 5.74) is 2.46. The quantitative estimate of drug-likeness (QED) is 0.722. The molecule has 0 saturated heterocycles. The van der Waals surface area contributed by atoms with Gasteiger partial charge in [0.2, 0.25) is 0 Å². The number of hydrogen-bond acceptors (Lipinski definition) is 1. The van der Waals surface area contributed by atoms with Gasteiger partial charge in [0.05, 0.1) is 0 Å². The third kappa shape index (κ3) is 2.09. The predicted octanol–water partition coefficient (Wildman–Crippen LogP) is 4.72. The highest BCUT2D eigenvalue weighted by Gasteiger charge is 2.51. The largest absolute Gasteiger partial charge is 0.396 e. The first-order valence-electron chi connectivity index (χ1n) is 8.46. The Labute approximate surface area is 124 Å². The lowest BCUT2D eigenvalue weighted by Gasteiger charge is -2.56. The van der Waals surface area contributed by atoms with Crippen molar-refractivity contribution in [2.24, 2.45) is 28.6 Å². The van der Waals surface area contributed by atoms with E-state index in [9.17, 15) is 5.11 Å². The molecule has 1 nitrogen and oxygen atoms in total. The molecule has 5 atom stereocenters. The van der Waals surface area contributed by atoms with Crippen molar-refractivity contribution in [3.63, 3.8) is 0 Å². The van der Waals surface area contributed by atoms with Crippen LogP contribution < -0.4 is 0 Å². The first kappa shape index (κ1) is 14.4. The molecule has 0 aromatic heterocycles. The zero-order valence-electron chi connectivity index (χ0n) is 13.2. The van der Waals surface area contributed by atoms with Gasteiger partial charge in [0.25, 0.3) is 0 Å². The summed E-state index contributed by atoms with van der Waals surface area (Å²) in [7, 11) is 0. The molecule has 2 saturated carbocycles. The van der Waals surface area contributed by atoms with Gasteiger partial charge in [-0.15, -0.1) is 6.58 Å². The number of allylic oxidation sites excluding steroid dienone is 3. The second kappa shape index (κ2) is 5.02. The molecule has 0 heterocycles. The number of rotatable bonds is 2. The van der Waals surface area contributed by atoms with Gasteiger partial charge in [-0.3, -0.25) is 0 Å². The van der Waals surface area contributed by atoms with Crippen molar-refractivity contribution in [1.29, 1.82) is 0 Å². The van der Waals surface area contributed by atoms with Gasteiger partial charge in [-0.1, -0.05) is 38.0 Å². The second-order valence-corrected chi connectivity index (χ2v) is 8.09. The Morgan fingerprint density at radius 3 is 2.85 bits per heavy atom. The molecule has 0 aliphatic heterocycles. The molecule has 0 aromatic carbocycles. The zero-order valence-corrected chi connectivity index (χ0v) is 13.2. The summed E-state index contributed by atoms with van der Waals surface area (Å²) in [6.45, 7) is 9.33. The van der Waals surface area contributed by atoms with Gasteiger partial charge < -0.3 is 5.11 Å². The maximum absolute atomic E-state index is 9.73. The Balaban J connectivity index is 1.90. The van der Waals surface area contributed by atoms with Gasteiger partial charge in [-0.2, -0.15) is 0 Å². The van der Waals surface area contributed by atoms with E-state index in [0.29, 0.717) is 29.3 Å². The Morgan fingerprint density at radius 2 is 2.15 bits per heavy atom. The molecule has 1 N–H and O–H groups in total. The summed E-state index contributed by atoms with van der Waals surface area (Å²) in [5.74, 6) is 2.02. The fraction of sp³-hybridized carbons (Fsp3) is 0.789. The maximum Gasteiger partial charge on any atom is 0.0462 e. The van der Waals surface area contributed by atoms with Crippen LogP contribution in [0.2, 0.25) is 0 Å². The van der Waals surface area contributed by atoms with Crippen molar-refractivity contribution in [3.05, 3.63) is 24.3 Å². The normalized spacial score (nSPS) is 48.0. The van der Waals surface area contributed by atoms with Crippen molar-refractivity contribution in [2.75, 3.05) is 6.61 Å². The van der Waals surface area contributed by atoms with Crippen LogP contribution in [0.5, 0.6) is 0 Å². The molecular weight excluding hydrogens is 244 g/mol. The van der Waals surface area contributed by atoms with Crippen molar-refractivity contribution in [3.8, 4) is 0 Å². The van der Waals surface area contributed by atoms with Crippen LogP contribution >= 0.6 is 0 Å². The Hall–Kier alpha value is -0.560. The Morgan fingerprint density at radius 1 is 1.35 bits per heavy atom. The second-order valence-electron chi connectivity index (χ2n) is 8.09. The molecule has 20 heavy (non-hydrogen) atoms. The number of aliphatic hydroxyl groups excluding tert-OH is 1. The third-order valence-corrected chi connectivity index (χ3v) is 6.92. The molecule has 1 heteroatoms. The monoisotopic (exact) mass is 274 g/mol. The van der Waals surface area contributed by atoms with E-state index in [1.54, 1.807) is 5.57 Å². The summed E-state index contributed by atoms with van der Waals surface area (Å²) < 4.78 is 0. The van der Waals surface area contributed by atoms with Crippen LogP contribution in [0.4, 0.5) is 0 Å². The van der Waals surface area contributed by atoms with E-state index in [1.165, 1.54) is 44.9 Å². The molecule has 0 spiro atoms. The minimum atomic E-state index is 0.316. The van der Waals surface area contributed by atoms with Crippen molar-refractivity contribution < 1.29 is 5.11 Å². The number of hydrogen-bond donors (Lipinski definition) is 1. The third-order valence-electron chi connectivity index (χ3n) is 6.92. The van der Waals surface area contributed by atoms with Gasteiger partial charge in [-0.05, 0) is 67.1 Å². The summed E-state index contributed by atoms with van der Waals surface area (Å²) >= 11 is 0. The van der Waals surface area contributed by atoms with Gasteiger partial charge in [0, 0.05) is 6.61 Å². The summed E-state index contributed by atoms with van der Waals surface area (Å²) in [5, 5.41) is 9.73. The minimum Gasteiger partial charge on any atom is -0.396 e. The average Bonchev–Trinajstić information content (AvgIpc) is 2.45. The lowest BCUT2D eigenvalue weighted by Crippen LogP contribution is -2.48. The van der Waals surface area contributed by atoms with E-state index in [2.05, 4.69) is 32.6 Å². The van der Waals surface area contributed by atoms with E-state index in [-0.39, 0.29) is 0 Å². The molecule has 3 aliphatic rings. The molecule has 0 aromatic rings. The fourth-order valence-electron chi connectivity index (χ4n) is 5.54. The lowest BCUT2D eigenvalue weighted by molar-refractivity contribution is -0.0274. The highest BCUT2D eigenvalue weighted by molar-refractivity contribution is 5.24. The standard InChI is InChI=1S/C19H30O/c1-4-18(2)11-9-17-14(12-18)7-8-16-15(13-20)6-5-10-19(16,17)3/h4,7,15-17,20H,1,5-6,8-13H2,2-3H3/t15-,16-,17-,18-,19-/m0/s1. The average molecular weight is 274 g/mol. The maximum atomic E-state index is 9.73. The van der Waals surface area contributed by atoms with E-state index < -0.39 is 0 Å². The molecule has 3 rings (SSSR count). The highest BCUT2D eigenvalue weighted by atomic mass is 16.3. The summed E-state index contributed by atoms with van der Waals surface area (Å²) in [6, 6.07) is 0. The van der Waals surface area contributed by atoms with Gasteiger partial charge in [0.1, 0.15) is 0 Å². The lowest BCUT2D eigenvalue weighted by atomic mass is 9.49. The van der Waals surface area contributed by atoms with E-state index >= 15 is 0 Å². The molecule has 0 amide bonds. The van der Waals surface area contributed by atoms with Crippen molar-refractivity contribution in [1.82, 2.24) is 0 Å². The molecular formula is C19H30O. The van der Waals surface area contributed by atoms with Crippen LogP contribution in [0.1, 0.15) is 58.8 Å². The Kier molecular flexibility index (Phi) is 3.61.